The average molecular weight is 233 g/mol. The highest BCUT2D eigenvalue weighted by atomic mass is 19.1. The van der Waals surface area contributed by atoms with Crippen molar-refractivity contribution in [3.8, 4) is 6.19 Å². The first-order chi connectivity index (χ1) is 8.19. The lowest BCUT2D eigenvalue weighted by atomic mass is 10.2. The quantitative estimate of drug-likeness (QED) is 0.778. The van der Waals surface area contributed by atoms with Gasteiger partial charge in [-0.3, -0.25) is 4.79 Å². The Morgan fingerprint density at radius 3 is 2.76 bits per heavy atom. The molecule has 1 heterocycles. The molecule has 88 valence electrons. The van der Waals surface area contributed by atoms with E-state index in [1.54, 1.807) is 4.90 Å². The molecule has 1 amide bonds. The Bertz CT molecular complexity index is 452. The molecule has 0 spiro atoms. The molecule has 1 aliphatic rings. The van der Waals surface area contributed by atoms with Gasteiger partial charge in [0.1, 0.15) is 5.82 Å². The number of nitriles is 1. The lowest BCUT2D eigenvalue weighted by molar-refractivity contribution is 0.0939. The van der Waals surface area contributed by atoms with E-state index in [0.29, 0.717) is 18.7 Å². The Morgan fingerprint density at radius 2 is 2.18 bits per heavy atom. The van der Waals surface area contributed by atoms with Crippen LogP contribution in [0.4, 0.5) is 4.39 Å². The summed E-state index contributed by atoms with van der Waals surface area (Å²) in [4.78, 5) is 13.4. The molecule has 0 radical (unpaired) electrons. The molecule has 1 aromatic carbocycles. The Kier molecular flexibility index (Phi) is 3.24. The minimum atomic E-state index is -0.363. The molecule has 1 atom stereocenters. The van der Waals surface area contributed by atoms with Gasteiger partial charge in [0.2, 0.25) is 0 Å². The molecule has 1 unspecified atom stereocenters. The second-order valence-electron chi connectivity index (χ2n) is 4.01. The molecule has 2 rings (SSSR count). The van der Waals surface area contributed by atoms with Crippen LogP contribution in [0.5, 0.6) is 0 Å². The first-order valence-corrected chi connectivity index (χ1v) is 5.40. The average Bonchev–Trinajstić information content (AvgIpc) is 2.77. The predicted molar refractivity (Wildman–Crippen MR) is 59.5 cm³/mol. The minimum absolute atomic E-state index is 0.00722. The maximum Gasteiger partial charge on any atom is 0.251 e. The number of benzene rings is 1. The third kappa shape index (κ3) is 2.72. The lowest BCUT2D eigenvalue weighted by Crippen LogP contribution is -2.36. The van der Waals surface area contributed by atoms with Gasteiger partial charge in [-0.15, -0.1) is 0 Å². The summed E-state index contributed by atoms with van der Waals surface area (Å²) in [6.45, 7) is 1.22. The van der Waals surface area contributed by atoms with E-state index >= 15 is 0 Å². The van der Waals surface area contributed by atoms with Gasteiger partial charge in [0.05, 0.1) is 0 Å². The van der Waals surface area contributed by atoms with Crippen molar-refractivity contribution in [3.05, 3.63) is 35.6 Å². The summed E-state index contributed by atoms with van der Waals surface area (Å²) < 4.78 is 12.7. The number of nitrogens with one attached hydrogen (secondary N) is 1. The van der Waals surface area contributed by atoms with Crippen molar-refractivity contribution in [1.82, 2.24) is 10.2 Å². The molecule has 1 aromatic rings. The van der Waals surface area contributed by atoms with Gasteiger partial charge in [0.15, 0.2) is 6.19 Å². The topological polar surface area (TPSA) is 56.1 Å². The van der Waals surface area contributed by atoms with Gasteiger partial charge in [-0.05, 0) is 30.7 Å². The van der Waals surface area contributed by atoms with Crippen molar-refractivity contribution in [1.29, 1.82) is 5.26 Å². The van der Waals surface area contributed by atoms with Crippen molar-refractivity contribution in [2.75, 3.05) is 13.1 Å². The second kappa shape index (κ2) is 4.83. The monoisotopic (exact) mass is 233 g/mol. The molecular weight excluding hydrogens is 221 g/mol. The molecule has 0 bridgehead atoms. The standard InChI is InChI=1S/C12H12FN3O/c13-10-3-1-9(2-4-10)12(17)15-11-5-6-16(7-11)8-14/h1-4,11H,5-7H2,(H,15,17). The number of hydrogen-bond acceptors (Lipinski definition) is 3. The second-order valence-corrected chi connectivity index (χ2v) is 4.01. The van der Waals surface area contributed by atoms with E-state index in [1.165, 1.54) is 24.3 Å². The highest BCUT2D eigenvalue weighted by Gasteiger charge is 2.23. The van der Waals surface area contributed by atoms with Gasteiger partial charge in [0.25, 0.3) is 5.91 Å². The lowest BCUT2D eigenvalue weighted by Gasteiger charge is -2.12. The SMILES string of the molecule is N#CN1CCC(NC(=O)c2ccc(F)cc2)C1. The Morgan fingerprint density at radius 1 is 1.47 bits per heavy atom. The molecule has 1 aliphatic heterocycles. The number of likely N-dealkylation sites (tertiary alicyclic amines) is 1. The fraction of sp³-hybridized carbons (Fsp3) is 0.333. The Hall–Kier alpha value is -2.09. The zero-order valence-electron chi connectivity index (χ0n) is 9.19. The minimum Gasteiger partial charge on any atom is -0.347 e. The first-order valence-electron chi connectivity index (χ1n) is 5.40. The predicted octanol–water partition coefficient (Wildman–Crippen LogP) is 1.11. The first kappa shape index (κ1) is 11.4. The fourth-order valence-corrected chi connectivity index (χ4v) is 1.84. The summed E-state index contributed by atoms with van der Waals surface area (Å²) in [5.74, 6) is -0.590. The van der Waals surface area contributed by atoms with Crippen LogP contribution in [0.2, 0.25) is 0 Å². The van der Waals surface area contributed by atoms with Gasteiger partial charge in [-0.1, -0.05) is 0 Å². The molecular formula is C12H12FN3O. The van der Waals surface area contributed by atoms with Crippen molar-refractivity contribution in [2.24, 2.45) is 0 Å². The number of halogens is 1. The summed E-state index contributed by atoms with van der Waals surface area (Å²) in [7, 11) is 0. The van der Waals surface area contributed by atoms with E-state index < -0.39 is 0 Å². The maximum atomic E-state index is 12.7. The number of carbonyl (C=O) groups is 1. The van der Waals surface area contributed by atoms with Crippen LogP contribution >= 0.6 is 0 Å². The zero-order valence-corrected chi connectivity index (χ0v) is 9.19. The van der Waals surface area contributed by atoms with Crippen molar-refractivity contribution in [2.45, 2.75) is 12.5 Å². The van der Waals surface area contributed by atoms with Gasteiger partial charge < -0.3 is 10.2 Å². The largest absolute Gasteiger partial charge is 0.347 e. The van der Waals surface area contributed by atoms with Gasteiger partial charge in [0, 0.05) is 24.7 Å². The number of hydrogen-bond donors (Lipinski definition) is 1. The van der Waals surface area contributed by atoms with Crippen LogP contribution in [0.1, 0.15) is 16.8 Å². The van der Waals surface area contributed by atoms with Gasteiger partial charge >= 0.3 is 0 Å². The zero-order chi connectivity index (χ0) is 12.3. The van der Waals surface area contributed by atoms with E-state index in [1.807, 2.05) is 6.19 Å². The summed E-state index contributed by atoms with van der Waals surface area (Å²) in [6.07, 6.45) is 2.81. The molecule has 1 N–H and O–H groups in total. The fourth-order valence-electron chi connectivity index (χ4n) is 1.84. The Balaban J connectivity index is 1.94. The summed E-state index contributed by atoms with van der Waals surface area (Å²) in [6, 6.07) is 5.40. The number of carbonyl (C=O) groups excluding carboxylic acids is 1. The van der Waals surface area contributed by atoms with Crippen LogP contribution < -0.4 is 5.32 Å². The highest BCUT2D eigenvalue weighted by molar-refractivity contribution is 5.94. The molecule has 1 saturated heterocycles. The summed E-state index contributed by atoms with van der Waals surface area (Å²) in [5.41, 5.74) is 0.432. The molecule has 4 nitrogen and oxygen atoms in total. The molecule has 1 fully saturated rings. The Labute approximate surface area is 98.6 Å². The normalized spacial score (nSPS) is 18.8. The summed E-state index contributed by atoms with van der Waals surface area (Å²) >= 11 is 0. The van der Waals surface area contributed by atoms with E-state index in [9.17, 15) is 9.18 Å². The summed E-state index contributed by atoms with van der Waals surface area (Å²) in [5, 5.41) is 11.5. The van der Waals surface area contributed by atoms with Crippen LogP contribution in [0.25, 0.3) is 0 Å². The third-order valence-corrected chi connectivity index (χ3v) is 2.77. The van der Waals surface area contributed by atoms with Crippen LogP contribution in [0.15, 0.2) is 24.3 Å². The third-order valence-electron chi connectivity index (χ3n) is 2.77. The van der Waals surface area contributed by atoms with Crippen LogP contribution in [-0.2, 0) is 0 Å². The van der Waals surface area contributed by atoms with E-state index in [0.717, 1.165) is 6.42 Å². The number of nitrogens with zero attached hydrogens (tertiary/aromatic N) is 2. The smallest absolute Gasteiger partial charge is 0.251 e. The van der Waals surface area contributed by atoms with Crippen LogP contribution in [0, 0.1) is 17.3 Å². The van der Waals surface area contributed by atoms with Gasteiger partial charge in [-0.2, -0.15) is 5.26 Å². The van der Waals surface area contributed by atoms with Crippen molar-refractivity contribution in [3.63, 3.8) is 0 Å². The molecule has 5 heteroatoms. The number of amides is 1. The highest BCUT2D eigenvalue weighted by Crippen LogP contribution is 2.09. The van der Waals surface area contributed by atoms with E-state index in [4.69, 9.17) is 5.26 Å². The maximum absolute atomic E-state index is 12.7. The van der Waals surface area contributed by atoms with Crippen molar-refractivity contribution < 1.29 is 9.18 Å². The van der Waals surface area contributed by atoms with E-state index in [-0.39, 0.29) is 17.8 Å². The molecule has 0 saturated carbocycles. The van der Waals surface area contributed by atoms with Crippen LogP contribution in [0.3, 0.4) is 0 Å². The van der Waals surface area contributed by atoms with Crippen LogP contribution in [-0.4, -0.2) is 29.9 Å². The van der Waals surface area contributed by atoms with E-state index in [2.05, 4.69) is 5.32 Å². The van der Waals surface area contributed by atoms with Crippen molar-refractivity contribution >= 4 is 5.91 Å². The van der Waals surface area contributed by atoms with Gasteiger partial charge in [-0.25, -0.2) is 4.39 Å². The number of rotatable bonds is 2. The molecule has 0 aromatic heterocycles. The molecule has 0 aliphatic carbocycles. The molecule has 17 heavy (non-hydrogen) atoms.